The molecule has 5 rings (SSSR count). The summed E-state index contributed by atoms with van der Waals surface area (Å²) in [5.74, 6) is 0.401. The second-order valence-corrected chi connectivity index (χ2v) is 11.9. The molecule has 184 valence electrons. The third-order valence-electron chi connectivity index (χ3n) is 7.08. The molecule has 0 unspecified atom stereocenters. The third-order valence-corrected chi connectivity index (χ3v) is 8.43. The van der Waals surface area contributed by atoms with Gasteiger partial charge in [0.05, 0.1) is 19.8 Å². The Morgan fingerprint density at radius 1 is 1.00 bits per heavy atom. The first-order valence-electron chi connectivity index (χ1n) is 13.6. The molecule has 0 saturated carbocycles. The summed E-state index contributed by atoms with van der Waals surface area (Å²) in [4.78, 5) is 6.08. The van der Waals surface area contributed by atoms with Crippen LogP contribution in [0.4, 0.5) is 4.39 Å². The first-order valence-corrected chi connectivity index (χ1v) is 13.4. The number of aryl methyl sites for hydroxylation is 2. The fraction of sp³-hybridized carbons (Fsp3) is 0.303. The van der Waals surface area contributed by atoms with Crippen LogP contribution in [-0.2, 0) is 6.42 Å². The number of thiophene rings is 1. The van der Waals surface area contributed by atoms with Gasteiger partial charge in [0, 0.05) is 16.6 Å². The Labute approximate surface area is 220 Å². The molecule has 0 aliphatic rings. The predicted octanol–water partition coefficient (Wildman–Crippen LogP) is 10.1. The van der Waals surface area contributed by atoms with Gasteiger partial charge in [-0.05, 0) is 93.8 Å². The van der Waals surface area contributed by atoms with Gasteiger partial charge < -0.3 is 0 Å². The summed E-state index contributed by atoms with van der Waals surface area (Å²) in [5.41, 5.74) is 6.80. The van der Waals surface area contributed by atoms with Gasteiger partial charge >= 0.3 is 0 Å². The fourth-order valence-electron chi connectivity index (χ4n) is 5.20. The molecule has 3 heteroatoms. The summed E-state index contributed by atoms with van der Waals surface area (Å²) in [7, 11) is 0. The van der Waals surface area contributed by atoms with E-state index in [9.17, 15) is 4.39 Å². The number of aromatic nitrogens is 1. The maximum atomic E-state index is 14.1. The van der Waals surface area contributed by atoms with E-state index in [2.05, 4.69) is 82.3 Å². The van der Waals surface area contributed by atoms with Gasteiger partial charge in [0.2, 0.25) is 0 Å². The van der Waals surface area contributed by atoms with Crippen molar-refractivity contribution < 1.29 is 7.13 Å². The van der Waals surface area contributed by atoms with Crippen LogP contribution in [0.2, 0.25) is 0 Å². The average molecular weight is 498 g/mol. The van der Waals surface area contributed by atoms with Gasteiger partial charge in [-0.3, -0.25) is 9.37 Å². The predicted molar refractivity (Wildman–Crippen MR) is 155 cm³/mol. The Bertz CT molecular complexity index is 1660. The Morgan fingerprint density at radius 2 is 1.78 bits per heavy atom. The number of fused-ring (bicyclic) bond motifs is 2. The molecule has 0 spiro atoms. The van der Waals surface area contributed by atoms with Crippen molar-refractivity contribution in [3.63, 3.8) is 0 Å². The fourth-order valence-corrected chi connectivity index (χ4v) is 6.60. The van der Waals surface area contributed by atoms with Crippen LogP contribution in [0, 0.1) is 19.3 Å². The van der Waals surface area contributed by atoms with Crippen molar-refractivity contribution in [2.24, 2.45) is 5.41 Å². The lowest BCUT2D eigenvalue weighted by molar-refractivity contribution is 0.256. The molecule has 0 saturated heterocycles. The maximum absolute atomic E-state index is 14.1. The number of nitrogens with zero attached hydrogens (tertiary/aromatic N) is 1. The van der Waals surface area contributed by atoms with Crippen molar-refractivity contribution in [2.75, 3.05) is 6.63 Å². The van der Waals surface area contributed by atoms with Gasteiger partial charge in [0.1, 0.15) is 0 Å². The zero-order valence-corrected chi connectivity index (χ0v) is 22.7. The average Bonchev–Trinajstić information content (AvgIpc) is 3.18. The summed E-state index contributed by atoms with van der Waals surface area (Å²) in [6.45, 7) is 9.26. The number of rotatable bonds is 6. The standard InChI is InChI=1S/C33H34FNS/c1-20(2)29-17-25(16-24-9-7-8-10-28(24)29)30-32-27(13-14-35-30)22(4)31(36-32)26-12-11-23(15-21(26)3)18-33(5,6)19-34/h7-17,20H,18-19H2,1-6H3/i19D2. The smallest absolute Gasteiger partial charge is 0.0948 e. The largest absolute Gasteiger partial charge is 0.255 e. The molecule has 0 fully saturated rings. The Kier molecular flexibility index (Phi) is 5.82. The van der Waals surface area contributed by atoms with Gasteiger partial charge in [-0.1, -0.05) is 70.2 Å². The molecule has 0 aliphatic carbocycles. The van der Waals surface area contributed by atoms with Crippen LogP contribution >= 0.6 is 11.3 Å². The highest BCUT2D eigenvalue weighted by molar-refractivity contribution is 7.23. The van der Waals surface area contributed by atoms with E-state index in [-0.39, 0.29) is 0 Å². The molecule has 0 amide bonds. The molecule has 0 N–H and O–H groups in total. The van der Waals surface area contributed by atoms with Gasteiger partial charge in [0.25, 0.3) is 0 Å². The summed E-state index contributed by atoms with van der Waals surface area (Å²) in [6, 6.07) is 21.4. The van der Waals surface area contributed by atoms with Crippen molar-refractivity contribution in [3.05, 3.63) is 89.1 Å². The SMILES string of the molecule is [2H]C([2H])(F)C(C)(C)Cc1ccc(-c2sc3c(-c4cc(C(C)C)c5ccccc5c4)nccc3c2C)c(C)c1. The van der Waals surface area contributed by atoms with Crippen LogP contribution in [0.3, 0.4) is 0 Å². The molecule has 2 heterocycles. The Balaban J connectivity index is 1.61. The van der Waals surface area contributed by atoms with Crippen LogP contribution < -0.4 is 0 Å². The summed E-state index contributed by atoms with van der Waals surface area (Å²) >= 11 is 1.77. The summed E-state index contributed by atoms with van der Waals surface area (Å²) in [6.07, 6.45) is 2.24. The first kappa shape index (κ1) is 22.2. The van der Waals surface area contributed by atoms with E-state index in [1.54, 1.807) is 25.2 Å². The molecule has 0 radical (unpaired) electrons. The zero-order valence-electron chi connectivity index (χ0n) is 23.9. The molecular weight excluding hydrogens is 461 g/mol. The molecule has 0 bridgehead atoms. The van der Waals surface area contributed by atoms with E-state index in [4.69, 9.17) is 7.73 Å². The van der Waals surface area contributed by atoms with Gasteiger partial charge in [-0.15, -0.1) is 11.3 Å². The Morgan fingerprint density at radius 3 is 2.50 bits per heavy atom. The van der Waals surface area contributed by atoms with Crippen molar-refractivity contribution in [1.82, 2.24) is 4.98 Å². The molecule has 3 aromatic carbocycles. The van der Waals surface area contributed by atoms with Gasteiger partial charge in [0.15, 0.2) is 0 Å². The molecule has 0 aliphatic heterocycles. The van der Waals surface area contributed by atoms with Gasteiger partial charge in [-0.25, -0.2) is 0 Å². The molecule has 2 aromatic heterocycles. The van der Waals surface area contributed by atoms with E-state index in [1.807, 2.05) is 12.3 Å². The molecule has 5 aromatic rings. The maximum Gasteiger partial charge on any atom is 0.0948 e. The first-order chi connectivity index (χ1) is 17.9. The minimum Gasteiger partial charge on any atom is -0.255 e. The second-order valence-electron chi connectivity index (χ2n) is 10.8. The number of pyridine rings is 1. The van der Waals surface area contributed by atoms with Crippen LogP contribution in [-0.4, -0.2) is 11.6 Å². The topological polar surface area (TPSA) is 12.9 Å². The number of benzene rings is 3. The quantitative estimate of drug-likeness (QED) is 0.227. The highest BCUT2D eigenvalue weighted by Gasteiger charge is 2.20. The van der Waals surface area contributed by atoms with Crippen molar-refractivity contribution in [1.29, 1.82) is 0 Å². The Hall–Kier alpha value is -3.04. The van der Waals surface area contributed by atoms with Crippen molar-refractivity contribution >= 4 is 32.2 Å². The van der Waals surface area contributed by atoms with E-state index in [0.717, 1.165) is 27.9 Å². The molecule has 36 heavy (non-hydrogen) atoms. The van der Waals surface area contributed by atoms with Crippen LogP contribution in [0.15, 0.2) is 66.9 Å². The molecule has 1 nitrogen and oxygen atoms in total. The van der Waals surface area contributed by atoms with Crippen LogP contribution in [0.5, 0.6) is 0 Å². The highest BCUT2D eigenvalue weighted by Crippen LogP contribution is 2.44. The van der Waals surface area contributed by atoms with E-state index in [0.29, 0.717) is 12.3 Å². The lowest BCUT2D eigenvalue weighted by atomic mass is 9.86. The zero-order chi connectivity index (χ0) is 27.4. The number of hydrogen-bond acceptors (Lipinski definition) is 2. The third kappa shape index (κ3) is 4.46. The summed E-state index contributed by atoms with van der Waals surface area (Å²) < 4.78 is 30.5. The van der Waals surface area contributed by atoms with E-state index >= 15 is 0 Å². The number of halogens is 1. The van der Waals surface area contributed by atoms with Gasteiger partial charge in [-0.2, -0.15) is 0 Å². The lowest BCUT2D eigenvalue weighted by Gasteiger charge is -2.21. The lowest BCUT2D eigenvalue weighted by Crippen LogP contribution is -2.17. The highest BCUT2D eigenvalue weighted by atomic mass is 32.1. The summed E-state index contributed by atoms with van der Waals surface area (Å²) in [5, 5.41) is 3.73. The normalized spacial score (nSPS) is 13.4. The minimum absolute atomic E-state index is 0.331. The van der Waals surface area contributed by atoms with E-state index < -0.39 is 12.0 Å². The molecular formula is C33H34FNS. The monoisotopic (exact) mass is 497 g/mol. The second kappa shape index (κ2) is 9.44. The molecule has 0 atom stereocenters. The van der Waals surface area contributed by atoms with Crippen molar-refractivity contribution in [3.8, 4) is 21.7 Å². The minimum atomic E-state index is -2.75. The van der Waals surface area contributed by atoms with Crippen molar-refractivity contribution in [2.45, 2.75) is 53.9 Å². The van der Waals surface area contributed by atoms with Crippen LogP contribution in [0.1, 0.15) is 58.6 Å². The number of hydrogen-bond donors (Lipinski definition) is 0. The van der Waals surface area contributed by atoms with Crippen LogP contribution in [0.25, 0.3) is 42.6 Å². The number of alkyl halides is 1. The van der Waals surface area contributed by atoms with E-state index in [1.165, 1.54) is 36.9 Å².